The smallest absolute Gasteiger partial charge is 0.315 e. The lowest BCUT2D eigenvalue weighted by atomic mass is 9.99. The number of hydrogen-bond acceptors (Lipinski definition) is 10. The molecule has 8 rings (SSSR count). The van der Waals surface area contributed by atoms with Gasteiger partial charge >= 0.3 is 12.0 Å². The van der Waals surface area contributed by atoms with Crippen LogP contribution in [0.1, 0.15) is 32.6 Å². The fraction of sp³-hybridized carbons (Fsp3) is 0.282. The zero-order chi connectivity index (χ0) is 36.0. The van der Waals surface area contributed by atoms with E-state index in [1.165, 1.54) is 0 Å². The summed E-state index contributed by atoms with van der Waals surface area (Å²) < 4.78 is 5.61. The molecule has 2 saturated heterocycles. The number of urea groups is 1. The molecule has 1 unspecified atom stereocenters. The highest BCUT2D eigenvalue weighted by Crippen LogP contribution is 2.40. The third kappa shape index (κ3) is 8.46. The minimum atomic E-state index is -0.601. The van der Waals surface area contributed by atoms with Gasteiger partial charge in [0.15, 0.2) is 0 Å². The van der Waals surface area contributed by atoms with Gasteiger partial charge in [-0.15, -0.1) is 0 Å². The van der Waals surface area contributed by atoms with Gasteiger partial charge in [0.2, 0.25) is 0 Å². The van der Waals surface area contributed by atoms with E-state index < -0.39 is 5.66 Å². The second kappa shape index (κ2) is 15.6. The molecule has 3 aliphatic rings. The zero-order valence-corrected chi connectivity index (χ0v) is 29.5. The van der Waals surface area contributed by atoms with E-state index in [0.29, 0.717) is 11.7 Å². The number of esters is 1. The number of amides is 2. The molecule has 12 heteroatoms. The number of nitrogen functional groups attached to an aromatic ring is 4. The van der Waals surface area contributed by atoms with Crippen LogP contribution in [0.3, 0.4) is 0 Å². The molecule has 0 radical (unpaired) electrons. The van der Waals surface area contributed by atoms with Gasteiger partial charge in [-0.05, 0) is 62.2 Å². The number of hydrogen-bond donors (Lipinski definition) is 8. The molecule has 0 spiro atoms. The highest BCUT2D eigenvalue weighted by atomic mass is 32.2. The van der Waals surface area contributed by atoms with Crippen LogP contribution >= 0.6 is 11.8 Å². The lowest BCUT2D eigenvalue weighted by Crippen LogP contribution is -2.49. The van der Waals surface area contributed by atoms with Gasteiger partial charge in [-0.25, -0.2) is 4.79 Å². The van der Waals surface area contributed by atoms with Gasteiger partial charge in [0.25, 0.3) is 0 Å². The fourth-order valence-electron chi connectivity index (χ4n) is 6.69. The predicted octanol–water partition coefficient (Wildman–Crippen LogP) is 6.52. The van der Waals surface area contributed by atoms with Gasteiger partial charge in [-0.1, -0.05) is 61.0 Å². The number of ether oxygens (including phenoxy) is 1. The molecule has 51 heavy (non-hydrogen) atoms. The van der Waals surface area contributed by atoms with Crippen molar-refractivity contribution in [1.29, 1.82) is 0 Å². The first-order valence-corrected chi connectivity index (χ1v) is 18.2. The number of thioether (sulfide) groups is 1. The number of carbonyl (C=O) groups excluding carboxylic acids is 2. The molecule has 0 aliphatic carbocycles. The second-order valence-electron chi connectivity index (χ2n) is 13.2. The third-order valence-corrected chi connectivity index (χ3v) is 10.8. The van der Waals surface area contributed by atoms with E-state index in [0.717, 1.165) is 80.7 Å². The molecular weight excluding hydrogens is 661 g/mol. The Balaban J connectivity index is 0.000000191. The van der Waals surface area contributed by atoms with Crippen LogP contribution in [0.5, 0.6) is 0 Å². The first kappa shape index (κ1) is 35.3. The number of nitrogens with two attached hydrogens (primary N) is 4. The summed E-state index contributed by atoms with van der Waals surface area (Å²) in [5.74, 6) is 0.766. The Bertz CT molecular complexity index is 1960. The molecule has 2 amide bonds. The molecule has 0 saturated carbocycles. The highest BCUT2D eigenvalue weighted by molar-refractivity contribution is 8.00. The molecule has 11 nitrogen and oxygen atoms in total. The number of unbranched alkanes of at least 4 members (excludes halogenated alkanes) is 1. The summed E-state index contributed by atoms with van der Waals surface area (Å²) in [5, 5.41) is 17.4. The Kier molecular flexibility index (Phi) is 10.8. The third-order valence-electron chi connectivity index (χ3n) is 9.27. The second-order valence-corrected chi connectivity index (χ2v) is 14.5. The number of anilines is 6. The summed E-state index contributed by atoms with van der Waals surface area (Å²) in [7, 11) is 0. The molecule has 2 fully saturated rings. The van der Waals surface area contributed by atoms with Crippen LogP contribution in [0.4, 0.5) is 38.9 Å². The van der Waals surface area contributed by atoms with E-state index in [2.05, 4.69) is 21.3 Å². The molecule has 3 heterocycles. The van der Waals surface area contributed by atoms with Crippen LogP contribution in [0.25, 0.3) is 21.5 Å². The van der Waals surface area contributed by atoms with Crippen LogP contribution in [0.2, 0.25) is 0 Å². The van der Waals surface area contributed by atoms with Crippen molar-refractivity contribution in [3.05, 3.63) is 97.1 Å². The van der Waals surface area contributed by atoms with Gasteiger partial charge in [-0.3, -0.25) is 4.79 Å². The van der Waals surface area contributed by atoms with Gasteiger partial charge < -0.3 is 48.9 Å². The molecule has 5 aromatic rings. The number of carbonyl (C=O) groups is 2. The van der Waals surface area contributed by atoms with Crippen molar-refractivity contribution in [3.8, 4) is 0 Å². The Morgan fingerprint density at radius 3 is 2.04 bits per heavy atom. The molecular formula is C39H46N8O3S. The van der Waals surface area contributed by atoms with Crippen molar-refractivity contribution in [2.75, 3.05) is 45.9 Å². The Morgan fingerprint density at radius 2 is 1.37 bits per heavy atom. The molecule has 5 aromatic carbocycles. The Labute approximate surface area is 302 Å². The minimum absolute atomic E-state index is 0.0605. The summed E-state index contributed by atoms with van der Waals surface area (Å²) in [6, 6.07) is 31.3. The van der Waals surface area contributed by atoms with Gasteiger partial charge in [-0.2, -0.15) is 11.8 Å². The van der Waals surface area contributed by atoms with E-state index in [9.17, 15) is 9.59 Å². The number of rotatable bonds is 7. The first-order chi connectivity index (χ1) is 24.6. The van der Waals surface area contributed by atoms with Crippen molar-refractivity contribution < 1.29 is 14.3 Å². The summed E-state index contributed by atoms with van der Waals surface area (Å²) in [4.78, 5) is 23.8. The number of nitrogens with one attached hydrogen (secondary N) is 4. The van der Waals surface area contributed by atoms with Crippen molar-refractivity contribution in [2.24, 2.45) is 0 Å². The molecule has 0 aromatic heterocycles. The van der Waals surface area contributed by atoms with E-state index in [4.69, 9.17) is 27.7 Å². The molecule has 3 aliphatic heterocycles. The normalized spacial score (nSPS) is 21.0. The molecule has 0 bridgehead atoms. The van der Waals surface area contributed by atoms with Gasteiger partial charge in [0, 0.05) is 73.1 Å². The van der Waals surface area contributed by atoms with Crippen LogP contribution in [0, 0.1) is 0 Å². The standard InChI is InChI=1S/C23H29N5O3S.C10H10N2.C6H7N/c1-23(27-15-6-4-5-13-14(24)9-10-16(28-23)20(13)15)12-31-19(29)8-3-2-7-18-21-17(11-32-18)25-22(30)26-21;11-9-5-6-10(12)8-4-2-1-3-7(8)9;7-6-4-2-1-3-5-6/h4-6,9-10,17-18,21,27-28H,2-3,7-8,11-12,24H2,1H3,(H2,25,26,30);1-6H,11-12H2;1-5H,7H2/t17-,18-,21-,23?;;/m1../s1. The number of fused-ring (bicyclic) bond motifs is 2. The van der Waals surface area contributed by atoms with Crippen molar-refractivity contribution >= 4 is 79.4 Å². The minimum Gasteiger partial charge on any atom is -0.461 e. The van der Waals surface area contributed by atoms with E-state index >= 15 is 0 Å². The maximum atomic E-state index is 12.4. The average molecular weight is 707 g/mol. The molecule has 4 atom stereocenters. The lowest BCUT2D eigenvalue weighted by Gasteiger charge is -2.38. The summed E-state index contributed by atoms with van der Waals surface area (Å²) >= 11 is 1.90. The topological polar surface area (TPSA) is 196 Å². The Hall–Kier alpha value is -5.49. The van der Waals surface area contributed by atoms with Crippen LogP contribution in [-0.2, 0) is 9.53 Å². The van der Waals surface area contributed by atoms with Gasteiger partial charge in [0.1, 0.15) is 12.3 Å². The summed E-state index contributed by atoms with van der Waals surface area (Å²) in [6.07, 6.45) is 3.12. The number of para-hydroxylation sites is 1. The van der Waals surface area contributed by atoms with Gasteiger partial charge in [0.05, 0.1) is 12.1 Å². The van der Waals surface area contributed by atoms with E-state index in [-0.39, 0.29) is 30.7 Å². The van der Waals surface area contributed by atoms with Crippen LogP contribution in [0.15, 0.2) is 97.1 Å². The van der Waals surface area contributed by atoms with E-state index in [1.807, 2.05) is 116 Å². The van der Waals surface area contributed by atoms with Crippen molar-refractivity contribution in [1.82, 2.24) is 10.6 Å². The Morgan fingerprint density at radius 1 is 0.765 bits per heavy atom. The average Bonchev–Trinajstić information content (AvgIpc) is 3.69. The highest BCUT2D eigenvalue weighted by Gasteiger charge is 2.42. The molecule has 12 N–H and O–H groups in total. The summed E-state index contributed by atoms with van der Waals surface area (Å²) in [6.45, 7) is 2.20. The number of benzene rings is 5. The SMILES string of the molecule is CC1(COC(=O)CCCC[C@H]2SC[C@H]3NC(=O)N[C@H]32)Nc2cccc3c(N)ccc(c23)N1.Nc1ccc(N)c2ccccc12.Nc1ccccc1. The van der Waals surface area contributed by atoms with Crippen LogP contribution < -0.4 is 44.2 Å². The van der Waals surface area contributed by atoms with Crippen molar-refractivity contribution in [2.45, 2.75) is 55.6 Å². The maximum Gasteiger partial charge on any atom is 0.315 e. The zero-order valence-electron chi connectivity index (χ0n) is 28.7. The summed E-state index contributed by atoms with van der Waals surface area (Å²) in [5.41, 5.74) is 27.5. The monoisotopic (exact) mass is 706 g/mol. The maximum absolute atomic E-state index is 12.4. The van der Waals surface area contributed by atoms with Crippen molar-refractivity contribution in [3.63, 3.8) is 0 Å². The largest absolute Gasteiger partial charge is 0.461 e. The fourth-order valence-corrected chi connectivity index (χ4v) is 8.23. The quantitative estimate of drug-likeness (QED) is 0.0400. The van der Waals surface area contributed by atoms with E-state index in [1.54, 1.807) is 0 Å². The molecule has 266 valence electrons. The predicted molar refractivity (Wildman–Crippen MR) is 213 cm³/mol. The van der Waals surface area contributed by atoms with Crippen LogP contribution in [-0.4, -0.2) is 47.4 Å². The lowest BCUT2D eigenvalue weighted by molar-refractivity contribution is -0.144. The first-order valence-electron chi connectivity index (χ1n) is 17.2.